The maximum atomic E-state index is 12.2. The van der Waals surface area contributed by atoms with Crippen molar-refractivity contribution >= 4 is 28.2 Å². The van der Waals surface area contributed by atoms with Gasteiger partial charge in [0.05, 0.1) is 17.5 Å². The zero-order chi connectivity index (χ0) is 19.4. The molecule has 3 rings (SSSR count). The van der Waals surface area contributed by atoms with E-state index in [2.05, 4.69) is 10.3 Å². The summed E-state index contributed by atoms with van der Waals surface area (Å²) in [6, 6.07) is 13.0. The van der Waals surface area contributed by atoms with Crippen molar-refractivity contribution in [3.63, 3.8) is 0 Å². The zero-order valence-corrected chi connectivity index (χ0v) is 14.8. The predicted octanol–water partition coefficient (Wildman–Crippen LogP) is 3.48. The van der Waals surface area contributed by atoms with Crippen LogP contribution in [0.15, 0.2) is 48.5 Å². The van der Waals surface area contributed by atoms with Crippen molar-refractivity contribution in [3.8, 4) is 11.5 Å². The molecular weight excluding hydrogens is 350 g/mol. The van der Waals surface area contributed by atoms with Crippen molar-refractivity contribution in [2.45, 2.75) is 6.92 Å². The van der Waals surface area contributed by atoms with Crippen molar-refractivity contribution < 1.29 is 19.2 Å². The molecule has 3 aromatic rings. The van der Waals surface area contributed by atoms with Gasteiger partial charge in [0.25, 0.3) is 11.6 Å². The summed E-state index contributed by atoms with van der Waals surface area (Å²) in [7, 11) is 1.56. The number of carbonyl (C=O) groups excluding carboxylic acids is 1. The van der Waals surface area contributed by atoms with Crippen molar-refractivity contribution in [1.29, 1.82) is 0 Å². The Kier molecular flexibility index (Phi) is 5.16. The first-order chi connectivity index (χ1) is 13.0. The lowest BCUT2D eigenvalue weighted by Crippen LogP contribution is -2.20. The molecule has 1 aromatic heterocycles. The molecule has 0 atom stereocenters. The van der Waals surface area contributed by atoms with Gasteiger partial charge < -0.3 is 14.8 Å². The summed E-state index contributed by atoms with van der Waals surface area (Å²) in [5.74, 6) is 0.617. The lowest BCUT2D eigenvalue weighted by atomic mass is 10.1. The average molecular weight is 367 g/mol. The number of anilines is 1. The van der Waals surface area contributed by atoms with Crippen LogP contribution in [0.4, 0.5) is 11.4 Å². The van der Waals surface area contributed by atoms with E-state index in [9.17, 15) is 14.9 Å². The van der Waals surface area contributed by atoms with Crippen molar-refractivity contribution in [1.82, 2.24) is 4.98 Å². The van der Waals surface area contributed by atoms with Crippen LogP contribution in [0.25, 0.3) is 10.9 Å². The van der Waals surface area contributed by atoms with Crippen LogP contribution in [0.1, 0.15) is 5.69 Å². The smallest absolute Gasteiger partial charge is 0.292 e. The van der Waals surface area contributed by atoms with Crippen molar-refractivity contribution in [3.05, 3.63) is 64.3 Å². The van der Waals surface area contributed by atoms with E-state index in [4.69, 9.17) is 9.47 Å². The van der Waals surface area contributed by atoms with Gasteiger partial charge in [-0.05, 0) is 31.2 Å². The van der Waals surface area contributed by atoms with E-state index in [0.29, 0.717) is 22.4 Å². The summed E-state index contributed by atoms with van der Waals surface area (Å²) in [6.45, 7) is 1.52. The summed E-state index contributed by atoms with van der Waals surface area (Å²) in [5, 5.41) is 14.2. The van der Waals surface area contributed by atoms with Gasteiger partial charge >= 0.3 is 0 Å². The Morgan fingerprint density at radius 1 is 1.22 bits per heavy atom. The number of amides is 1. The molecule has 2 aromatic carbocycles. The SMILES string of the molecule is COc1ccc2nc(C)cc(OCC(=O)Nc3ccccc3[N+](=O)[O-])c2c1. The molecular formula is C19H17N3O5. The molecule has 0 spiro atoms. The van der Waals surface area contributed by atoms with E-state index in [1.807, 2.05) is 6.92 Å². The number of nitro benzene ring substituents is 1. The molecule has 0 unspecified atom stereocenters. The van der Waals surface area contributed by atoms with Crippen LogP contribution in [0.5, 0.6) is 11.5 Å². The number of ether oxygens (including phenoxy) is 2. The number of aromatic nitrogens is 1. The van der Waals surface area contributed by atoms with Gasteiger partial charge in [-0.1, -0.05) is 12.1 Å². The van der Waals surface area contributed by atoms with Gasteiger partial charge in [0.1, 0.15) is 17.2 Å². The number of methoxy groups -OCH3 is 1. The second kappa shape index (κ2) is 7.69. The minimum Gasteiger partial charge on any atom is -0.497 e. The molecule has 27 heavy (non-hydrogen) atoms. The van der Waals surface area contributed by atoms with Crippen LogP contribution < -0.4 is 14.8 Å². The molecule has 138 valence electrons. The second-order valence-electron chi connectivity index (χ2n) is 5.76. The number of aryl methyl sites for hydroxylation is 1. The summed E-state index contributed by atoms with van der Waals surface area (Å²) < 4.78 is 10.9. The number of nitro groups is 1. The third kappa shape index (κ3) is 4.12. The zero-order valence-electron chi connectivity index (χ0n) is 14.8. The van der Waals surface area contributed by atoms with Crippen molar-refractivity contribution in [2.75, 3.05) is 19.0 Å². The highest BCUT2D eigenvalue weighted by atomic mass is 16.6. The third-order valence-electron chi connectivity index (χ3n) is 3.84. The summed E-state index contributed by atoms with van der Waals surface area (Å²) in [4.78, 5) is 27.1. The molecule has 0 aliphatic carbocycles. The molecule has 1 N–H and O–H groups in total. The number of rotatable bonds is 6. The maximum Gasteiger partial charge on any atom is 0.292 e. The number of nitrogens with zero attached hydrogens (tertiary/aromatic N) is 2. The largest absolute Gasteiger partial charge is 0.497 e. The number of pyridine rings is 1. The Hall–Kier alpha value is -3.68. The Balaban J connectivity index is 1.79. The van der Waals surface area contributed by atoms with E-state index in [1.165, 1.54) is 18.2 Å². The standard InChI is InChI=1S/C19H17N3O5/c1-12-9-18(14-10-13(26-2)7-8-15(14)20-12)27-11-19(23)21-16-5-3-4-6-17(16)22(24)25/h3-10H,11H2,1-2H3,(H,21,23). The van der Waals surface area contributed by atoms with E-state index in [0.717, 1.165) is 5.69 Å². The van der Waals surface area contributed by atoms with E-state index in [-0.39, 0.29) is 18.0 Å². The quantitative estimate of drug-likeness (QED) is 0.528. The number of carbonyl (C=O) groups is 1. The van der Waals surface area contributed by atoms with Crippen LogP contribution in [-0.2, 0) is 4.79 Å². The van der Waals surface area contributed by atoms with Crippen LogP contribution in [0, 0.1) is 17.0 Å². The first kappa shape index (κ1) is 18.1. The third-order valence-corrected chi connectivity index (χ3v) is 3.84. The maximum absolute atomic E-state index is 12.2. The average Bonchev–Trinajstić information content (AvgIpc) is 2.66. The molecule has 0 aliphatic heterocycles. The summed E-state index contributed by atoms with van der Waals surface area (Å²) in [5.41, 5.74) is 1.39. The van der Waals surface area contributed by atoms with Crippen LogP contribution in [0.3, 0.4) is 0 Å². The van der Waals surface area contributed by atoms with Crippen LogP contribution in [0.2, 0.25) is 0 Å². The summed E-state index contributed by atoms with van der Waals surface area (Å²) in [6.07, 6.45) is 0. The molecule has 0 bridgehead atoms. The Morgan fingerprint density at radius 2 is 2.00 bits per heavy atom. The number of hydrogen-bond donors (Lipinski definition) is 1. The highest BCUT2D eigenvalue weighted by Gasteiger charge is 2.15. The predicted molar refractivity (Wildman–Crippen MR) is 100 cm³/mol. The number of fused-ring (bicyclic) bond motifs is 1. The molecule has 1 heterocycles. The van der Waals surface area contributed by atoms with Gasteiger partial charge in [-0.15, -0.1) is 0 Å². The fourth-order valence-electron chi connectivity index (χ4n) is 2.61. The molecule has 1 amide bonds. The lowest BCUT2D eigenvalue weighted by molar-refractivity contribution is -0.383. The number of benzene rings is 2. The Labute approximate surface area is 154 Å². The van der Waals surface area contributed by atoms with Crippen molar-refractivity contribution in [2.24, 2.45) is 0 Å². The molecule has 0 saturated carbocycles. The molecule has 0 radical (unpaired) electrons. The normalized spacial score (nSPS) is 10.4. The molecule has 8 nitrogen and oxygen atoms in total. The first-order valence-corrected chi connectivity index (χ1v) is 8.09. The highest BCUT2D eigenvalue weighted by molar-refractivity contribution is 5.94. The monoisotopic (exact) mass is 367 g/mol. The Morgan fingerprint density at radius 3 is 2.74 bits per heavy atom. The Bertz CT molecular complexity index is 1020. The van der Waals surface area contributed by atoms with E-state index < -0.39 is 10.8 Å². The molecule has 8 heteroatoms. The number of hydrogen-bond acceptors (Lipinski definition) is 6. The summed E-state index contributed by atoms with van der Waals surface area (Å²) >= 11 is 0. The van der Waals surface area contributed by atoms with E-state index in [1.54, 1.807) is 37.4 Å². The van der Waals surface area contributed by atoms with Gasteiger partial charge in [-0.3, -0.25) is 19.9 Å². The second-order valence-corrected chi connectivity index (χ2v) is 5.76. The molecule has 0 aliphatic rings. The molecule has 0 fully saturated rings. The van der Waals surface area contributed by atoms with Gasteiger partial charge in [-0.25, -0.2) is 0 Å². The highest BCUT2D eigenvalue weighted by Crippen LogP contribution is 2.29. The van der Waals surface area contributed by atoms with Gasteiger partial charge in [0, 0.05) is 23.2 Å². The fourth-order valence-corrected chi connectivity index (χ4v) is 2.61. The minimum atomic E-state index is -0.553. The van der Waals surface area contributed by atoms with Gasteiger partial charge in [-0.2, -0.15) is 0 Å². The fraction of sp³-hybridized carbons (Fsp3) is 0.158. The molecule has 0 saturated heterocycles. The van der Waals surface area contributed by atoms with Gasteiger partial charge in [0.15, 0.2) is 6.61 Å². The van der Waals surface area contributed by atoms with Crippen LogP contribution in [-0.4, -0.2) is 29.5 Å². The van der Waals surface area contributed by atoms with Crippen LogP contribution >= 0.6 is 0 Å². The number of para-hydroxylation sites is 2. The minimum absolute atomic E-state index is 0.119. The lowest BCUT2D eigenvalue weighted by Gasteiger charge is -2.11. The first-order valence-electron chi connectivity index (χ1n) is 8.09. The topological polar surface area (TPSA) is 104 Å². The van der Waals surface area contributed by atoms with E-state index >= 15 is 0 Å². The van der Waals surface area contributed by atoms with Gasteiger partial charge in [0.2, 0.25) is 0 Å². The number of nitrogens with one attached hydrogen (secondary N) is 1.